The van der Waals surface area contributed by atoms with Crippen LogP contribution >= 0.6 is 24.0 Å². The van der Waals surface area contributed by atoms with Crippen molar-refractivity contribution in [2.45, 2.75) is 52.4 Å². The van der Waals surface area contributed by atoms with Gasteiger partial charge in [0.15, 0.2) is 5.96 Å². The van der Waals surface area contributed by atoms with Crippen LogP contribution in [0.2, 0.25) is 0 Å². The summed E-state index contributed by atoms with van der Waals surface area (Å²) >= 11 is 0. The number of hydrogen-bond donors (Lipinski definition) is 3. The molecule has 1 fully saturated rings. The number of nitrogens with one attached hydrogen (secondary N) is 3. The molecule has 0 aliphatic heterocycles. The molecule has 0 aromatic rings. The van der Waals surface area contributed by atoms with Crippen LogP contribution < -0.4 is 16.0 Å². The number of aliphatic imine (C=N–C) groups is 1. The Labute approximate surface area is 170 Å². The Morgan fingerprint density at radius 2 is 1.72 bits per heavy atom. The summed E-state index contributed by atoms with van der Waals surface area (Å²) < 4.78 is 5.55. The van der Waals surface area contributed by atoms with Crippen molar-refractivity contribution >= 4 is 35.8 Å². The van der Waals surface area contributed by atoms with Gasteiger partial charge in [-0.15, -0.1) is 24.0 Å². The lowest BCUT2D eigenvalue weighted by molar-refractivity contribution is -0.125. The summed E-state index contributed by atoms with van der Waals surface area (Å²) in [7, 11) is 1.76. The Bertz CT molecular complexity index is 372. The van der Waals surface area contributed by atoms with Gasteiger partial charge >= 0.3 is 0 Å². The van der Waals surface area contributed by atoms with Crippen LogP contribution in [0.3, 0.4) is 0 Å². The molecule has 148 valence electrons. The van der Waals surface area contributed by atoms with Gasteiger partial charge in [-0.3, -0.25) is 9.79 Å². The summed E-state index contributed by atoms with van der Waals surface area (Å²) in [6, 6.07) is 0. The van der Waals surface area contributed by atoms with Gasteiger partial charge in [-0.25, -0.2) is 0 Å². The number of halogens is 1. The number of ether oxygens (including phenoxy) is 1. The van der Waals surface area contributed by atoms with E-state index in [1.807, 2.05) is 0 Å². The fourth-order valence-electron chi connectivity index (χ4n) is 2.80. The van der Waals surface area contributed by atoms with Crippen molar-refractivity contribution in [1.29, 1.82) is 0 Å². The average Bonchev–Trinajstić information content (AvgIpc) is 2.60. The average molecular weight is 468 g/mol. The first kappa shape index (κ1) is 24.4. The SMILES string of the molecule is CN=C(NCCCOCC(C)C)NCCNC(=O)C1CCCCC1.I. The normalized spacial score (nSPS) is 15.6. The lowest BCUT2D eigenvalue weighted by Gasteiger charge is -2.21. The second kappa shape index (κ2) is 15.7. The fraction of sp³-hybridized carbons (Fsp3) is 0.889. The molecule has 0 radical (unpaired) electrons. The van der Waals surface area contributed by atoms with E-state index < -0.39 is 0 Å². The molecule has 6 nitrogen and oxygen atoms in total. The minimum absolute atomic E-state index is 0. The molecule has 1 amide bonds. The Morgan fingerprint density at radius 1 is 1.08 bits per heavy atom. The third kappa shape index (κ3) is 12.4. The van der Waals surface area contributed by atoms with Crippen LogP contribution in [-0.4, -0.2) is 51.8 Å². The van der Waals surface area contributed by atoms with Gasteiger partial charge in [0.1, 0.15) is 0 Å². The summed E-state index contributed by atoms with van der Waals surface area (Å²) in [5.41, 5.74) is 0. The molecule has 0 spiro atoms. The Balaban J connectivity index is 0.00000576. The van der Waals surface area contributed by atoms with Crippen molar-refractivity contribution in [1.82, 2.24) is 16.0 Å². The maximum Gasteiger partial charge on any atom is 0.223 e. The zero-order chi connectivity index (χ0) is 17.6. The van der Waals surface area contributed by atoms with Crippen molar-refractivity contribution in [2.24, 2.45) is 16.8 Å². The highest BCUT2D eigenvalue weighted by Gasteiger charge is 2.20. The van der Waals surface area contributed by atoms with Crippen LogP contribution in [0.1, 0.15) is 52.4 Å². The van der Waals surface area contributed by atoms with Crippen molar-refractivity contribution in [2.75, 3.05) is 39.9 Å². The van der Waals surface area contributed by atoms with E-state index in [1.54, 1.807) is 7.05 Å². The summed E-state index contributed by atoms with van der Waals surface area (Å²) in [6.45, 7) is 8.02. The van der Waals surface area contributed by atoms with Crippen LogP contribution in [-0.2, 0) is 9.53 Å². The first-order valence-corrected chi connectivity index (χ1v) is 9.43. The molecule has 25 heavy (non-hydrogen) atoms. The van der Waals surface area contributed by atoms with Crippen LogP contribution in [0.5, 0.6) is 0 Å². The van der Waals surface area contributed by atoms with Crippen molar-refractivity contribution in [3.05, 3.63) is 0 Å². The van der Waals surface area contributed by atoms with Crippen LogP contribution in [0.4, 0.5) is 0 Å². The highest BCUT2D eigenvalue weighted by molar-refractivity contribution is 14.0. The molecule has 1 aliphatic carbocycles. The molecule has 3 N–H and O–H groups in total. The van der Waals surface area contributed by atoms with E-state index in [-0.39, 0.29) is 35.8 Å². The van der Waals surface area contributed by atoms with E-state index in [2.05, 4.69) is 34.8 Å². The molecule has 0 atom stereocenters. The van der Waals surface area contributed by atoms with Crippen LogP contribution in [0.25, 0.3) is 0 Å². The molecular weight excluding hydrogens is 431 g/mol. The number of amides is 1. The van der Waals surface area contributed by atoms with E-state index in [0.717, 1.165) is 45.0 Å². The van der Waals surface area contributed by atoms with Gasteiger partial charge in [0.25, 0.3) is 0 Å². The maximum absolute atomic E-state index is 12.0. The molecule has 0 aromatic carbocycles. The third-order valence-electron chi connectivity index (χ3n) is 4.13. The standard InChI is InChI=1S/C18H36N4O2.HI/c1-15(2)14-24-13-7-10-21-18(19-3)22-12-11-20-17(23)16-8-5-4-6-9-16;/h15-16H,4-14H2,1-3H3,(H,20,23)(H2,19,21,22);1H. The Kier molecular flexibility index (Phi) is 15.3. The molecule has 0 aromatic heterocycles. The first-order chi connectivity index (χ1) is 11.6. The lowest BCUT2D eigenvalue weighted by Crippen LogP contribution is -2.43. The predicted octanol–water partition coefficient (Wildman–Crippen LogP) is 2.53. The van der Waals surface area contributed by atoms with Crippen molar-refractivity contribution in [3.8, 4) is 0 Å². The molecule has 1 saturated carbocycles. The minimum Gasteiger partial charge on any atom is -0.381 e. The fourth-order valence-corrected chi connectivity index (χ4v) is 2.80. The second-order valence-corrected chi connectivity index (χ2v) is 6.87. The van der Waals surface area contributed by atoms with Gasteiger partial charge < -0.3 is 20.7 Å². The third-order valence-corrected chi connectivity index (χ3v) is 4.13. The number of rotatable bonds is 10. The predicted molar refractivity (Wildman–Crippen MR) is 115 cm³/mol. The van der Waals surface area contributed by atoms with Gasteiger partial charge in [0.2, 0.25) is 5.91 Å². The Hall–Kier alpha value is -0.570. The monoisotopic (exact) mass is 468 g/mol. The molecule has 1 rings (SSSR count). The van der Waals surface area contributed by atoms with Crippen molar-refractivity contribution in [3.63, 3.8) is 0 Å². The van der Waals surface area contributed by atoms with E-state index in [1.165, 1.54) is 19.3 Å². The van der Waals surface area contributed by atoms with E-state index in [9.17, 15) is 4.79 Å². The number of guanidine groups is 1. The van der Waals surface area contributed by atoms with E-state index in [4.69, 9.17) is 4.74 Å². The smallest absolute Gasteiger partial charge is 0.223 e. The highest BCUT2D eigenvalue weighted by Crippen LogP contribution is 2.23. The van der Waals surface area contributed by atoms with Crippen LogP contribution in [0, 0.1) is 11.8 Å². The molecule has 7 heteroatoms. The second-order valence-electron chi connectivity index (χ2n) is 6.87. The summed E-state index contributed by atoms with van der Waals surface area (Å²) in [6.07, 6.45) is 6.69. The highest BCUT2D eigenvalue weighted by atomic mass is 127. The lowest BCUT2D eigenvalue weighted by atomic mass is 9.89. The molecule has 0 heterocycles. The number of carbonyl (C=O) groups excluding carboxylic acids is 1. The minimum atomic E-state index is 0. The summed E-state index contributed by atoms with van der Waals surface area (Å²) in [4.78, 5) is 16.2. The quantitative estimate of drug-likeness (QED) is 0.199. The molecule has 1 aliphatic rings. The van der Waals surface area contributed by atoms with E-state index in [0.29, 0.717) is 19.0 Å². The molecule has 0 bridgehead atoms. The maximum atomic E-state index is 12.0. The van der Waals surface area contributed by atoms with Gasteiger partial charge in [-0.05, 0) is 25.2 Å². The Morgan fingerprint density at radius 3 is 2.36 bits per heavy atom. The number of carbonyl (C=O) groups is 1. The first-order valence-electron chi connectivity index (χ1n) is 9.43. The summed E-state index contributed by atoms with van der Waals surface area (Å²) in [5, 5.41) is 9.50. The van der Waals surface area contributed by atoms with Crippen molar-refractivity contribution < 1.29 is 9.53 Å². The number of nitrogens with zero attached hydrogens (tertiary/aromatic N) is 1. The molecular formula is C18H37IN4O2. The van der Waals surface area contributed by atoms with Gasteiger partial charge in [0, 0.05) is 45.8 Å². The van der Waals surface area contributed by atoms with E-state index >= 15 is 0 Å². The van der Waals surface area contributed by atoms with Gasteiger partial charge in [0.05, 0.1) is 0 Å². The molecule has 0 saturated heterocycles. The van der Waals surface area contributed by atoms with Gasteiger partial charge in [-0.2, -0.15) is 0 Å². The zero-order valence-corrected chi connectivity index (χ0v) is 18.4. The zero-order valence-electron chi connectivity index (χ0n) is 16.1. The topological polar surface area (TPSA) is 74.8 Å². The number of hydrogen-bond acceptors (Lipinski definition) is 3. The largest absolute Gasteiger partial charge is 0.381 e. The van der Waals surface area contributed by atoms with Crippen LogP contribution in [0.15, 0.2) is 4.99 Å². The molecule has 0 unspecified atom stereocenters. The van der Waals surface area contributed by atoms with Gasteiger partial charge in [-0.1, -0.05) is 33.1 Å². The summed E-state index contributed by atoms with van der Waals surface area (Å²) in [5.74, 6) is 1.78.